The van der Waals surface area contributed by atoms with Gasteiger partial charge in [-0.3, -0.25) is 0 Å². The zero-order valence-electron chi connectivity index (χ0n) is 12.5. The van der Waals surface area contributed by atoms with E-state index in [9.17, 15) is 0 Å². The second-order valence-electron chi connectivity index (χ2n) is 5.96. The van der Waals surface area contributed by atoms with Crippen LogP contribution in [0.4, 0.5) is 0 Å². The molecule has 0 saturated heterocycles. The maximum Gasteiger partial charge on any atom is 0.131 e. The van der Waals surface area contributed by atoms with Crippen LogP contribution in [0.3, 0.4) is 0 Å². The maximum atomic E-state index is 4.77. The van der Waals surface area contributed by atoms with Gasteiger partial charge in [0, 0.05) is 22.9 Å². The first-order chi connectivity index (χ1) is 8.36. The lowest BCUT2D eigenvalue weighted by Crippen LogP contribution is -2.13. The molecule has 1 aromatic heterocycles. The molecule has 0 bridgehead atoms. The fourth-order valence-electron chi connectivity index (χ4n) is 2.03. The summed E-state index contributed by atoms with van der Waals surface area (Å²) in [7, 11) is 0. The van der Waals surface area contributed by atoms with Crippen LogP contribution in [0.2, 0.25) is 0 Å². The highest BCUT2D eigenvalue weighted by atomic mass is 32.1. The van der Waals surface area contributed by atoms with Crippen LogP contribution in [-0.4, -0.2) is 9.97 Å². The van der Waals surface area contributed by atoms with Crippen LogP contribution in [-0.2, 0) is 12.2 Å². The van der Waals surface area contributed by atoms with E-state index in [2.05, 4.69) is 54.2 Å². The van der Waals surface area contributed by atoms with Crippen molar-refractivity contribution >= 4 is 12.6 Å². The van der Waals surface area contributed by atoms with Gasteiger partial charge in [0.25, 0.3) is 0 Å². The molecule has 18 heavy (non-hydrogen) atoms. The summed E-state index contributed by atoms with van der Waals surface area (Å²) < 4.78 is 0. The third kappa shape index (κ3) is 3.71. The topological polar surface area (TPSA) is 25.8 Å². The van der Waals surface area contributed by atoms with Gasteiger partial charge in [0.1, 0.15) is 5.82 Å². The van der Waals surface area contributed by atoms with Gasteiger partial charge in [0.15, 0.2) is 0 Å². The molecular formula is C15H26N2S. The Morgan fingerprint density at radius 3 is 1.94 bits per heavy atom. The number of hydrogen-bond donors (Lipinski definition) is 1. The summed E-state index contributed by atoms with van der Waals surface area (Å²) in [5.41, 5.74) is 3.62. The molecule has 0 fully saturated rings. The molecule has 0 atom stereocenters. The highest BCUT2D eigenvalue weighted by Crippen LogP contribution is 2.25. The Morgan fingerprint density at radius 2 is 1.56 bits per heavy atom. The summed E-state index contributed by atoms with van der Waals surface area (Å²) in [5, 5.41) is 0. The molecule has 3 heteroatoms. The normalized spacial score (nSPS) is 11.9. The van der Waals surface area contributed by atoms with Crippen molar-refractivity contribution in [2.24, 2.45) is 5.92 Å². The van der Waals surface area contributed by atoms with Crippen LogP contribution in [0.15, 0.2) is 0 Å². The molecule has 0 saturated carbocycles. The summed E-state index contributed by atoms with van der Waals surface area (Å²) in [6, 6.07) is 0. The monoisotopic (exact) mass is 266 g/mol. The lowest BCUT2D eigenvalue weighted by atomic mass is 9.97. The summed E-state index contributed by atoms with van der Waals surface area (Å²) in [5.74, 6) is 3.12. The molecule has 102 valence electrons. The quantitative estimate of drug-likeness (QED) is 0.802. The van der Waals surface area contributed by atoms with Crippen molar-refractivity contribution < 1.29 is 0 Å². The molecule has 0 amide bonds. The van der Waals surface area contributed by atoms with Gasteiger partial charge in [-0.2, -0.15) is 12.6 Å². The molecule has 0 spiro atoms. The molecule has 0 aliphatic heterocycles. The average molecular weight is 266 g/mol. The molecule has 1 aromatic rings. The van der Waals surface area contributed by atoms with Crippen LogP contribution in [0.5, 0.6) is 0 Å². The Bertz CT molecular complexity index is 398. The Morgan fingerprint density at radius 1 is 0.944 bits per heavy atom. The van der Waals surface area contributed by atoms with Crippen LogP contribution >= 0.6 is 12.6 Å². The van der Waals surface area contributed by atoms with Crippen LogP contribution in [0, 0.1) is 5.92 Å². The zero-order chi connectivity index (χ0) is 13.9. The third-order valence-corrected chi connectivity index (χ3v) is 3.28. The fourth-order valence-corrected chi connectivity index (χ4v) is 2.38. The molecule has 1 rings (SSSR count). The SMILES string of the molecule is CC(C)Cc1nc(C(C)C)nc(C(C)C)c1CS. The average Bonchev–Trinajstić information content (AvgIpc) is 2.26. The Hall–Kier alpha value is -0.570. The zero-order valence-corrected chi connectivity index (χ0v) is 13.4. The minimum Gasteiger partial charge on any atom is -0.237 e. The first kappa shape index (κ1) is 15.5. The van der Waals surface area contributed by atoms with Gasteiger partial charge in [-0.05, 0) is 18.3 Å². The van der Waals surface area contributed by atoms with Crippen molar-refractivity contribution in [3.63, 3.8) is 0 Å². The fraction of sp³-hybridized carbons (Fsp3) is 0.733. The molecule has 0 unspecified atom stereocenters. The largest absolute Gasteiger partial charge is 0.237 e. The van der Waals surface area contributed by atoms with Gasteiger partial charge >= 0.3 is 0 Å². The van der Waals surface area contributed by atoms with Gasteiger partial charge in [-0.1, -0.05) is 41.5 Å². The molecule has 2 nitrogen and oxygen atoms in total. The molecular weight excluding hydrogens is 240 g/mol. The Labute approximate surface area is 117 Å². The van der Waals surface area contributed by atoms with Crippen molar-refractivity contribution in [1.29, 1.82) is 0 Å². The first-order valence-corrected chi connectivity index (χ1v) is 7.50. The summed E-state index contributed by atoms with van der Waals surface area (Å²) in [6.07, 6.45) is 1.01. The minimum atomic E-state index is 0.377. The van der Waals surface area contributed by atoms with Crippen LogP contribution in [0.25, 0.3) is 0 Å². The van der Waals surface area contributed by atoms with Gasteiger partial charge in [-0.15, -0.1) is 0 Å². The number of thiol groups is 1. The van der Waals surface area contributed by atoms with Gasteiger partial charge in [-0.25, -0.2) is 9.97 Å². The molecule has 0 N–H and O–H groups in total. The Balaban J connectivity index is 3.36. The van der Waals surface area contributed by atoms with Gasteiger partial charge < -0.3 is 0 Å². The summed E-state index contributed by atoms with van der Waals surface area (Å²) >= 11 is 4.47. The van der Waals surface area contributed by atoms with E-state index in [4.69, 9.17) is 9.97 Å². The number of rotatable bonds is 5. The van der Waals surface area contributed by atoms with E-state index in [1.807, 2.05) is 0 Å². The second kappa shape index (κ2) is 6.55. The van der Waals surface area contributed by atoms with Crippen molar-refractivity contribution in [2.75, 3.05) is 0 Å². The molecule has 1 heterocycles. The number of aromatic nitrogens is 2. The summed E-state index contributed by atoms with van der Waals surface area (Å²) in [4.78, 5) is 9.52. The molecule has 0 aliphatic carbocycles. The number of nitrogens with zero attached hydrogens (tertiary/aromatic N) is 2. The third-order valence-electron chi connectivity index (χ3n) is 2.97. The minimum absolute atomic E-state index is 0.377. The maximum absolute atomic E-state index is 4.77. The van der Waals surface area contributed by atoms with E-state index >= 15 is 0 Å². The van der Waals surface area contributed by atoms with Crippen molar-refractivity contribution in [3.05, 3.63) is 22.8 Å². The van der Waals surface area contributed by atoms with Crippen molar-refractivity contribution in [2.45, 2.75) is 65.6 Å². The predicted molar refractivity (Wildman–Crippen MR) is 81.4 cm³/mol. The standard InChI is InChI=1S/C15H26N2S/c1-9(2)7-13-12(8-18)14(10(3)4)17-15(16-13)11(5)6/h9-11,18H,7-8H2,1-6H3. The summed E-state index contributed by atoms with van der Waals surface area (Å²) in [6.45, 7) is 13.2. The van der Waals surface area contributed by atoms with E-state index in [1.54, 1.807) is 0 Å². The second-order valence-corrected chi connectivity index (χ2v) is 6.27. The highest BCUT2D eigenvalue weighted by Gasteiger charge is 2.17. The molecule has 0 aliphatic rings. The van der Waals surface area contributed by atoms with E-state index in [0.29, 0.717) is 17.8 Å². The molecule has 0 radical (unpaired) electrons. The van der Waals surface area contributed by atoms with E-state index in [1.165, 1.54) is 17.0 Å². The highest BCUT2D eigenvalue weighted by molar-refractivity contribution is 7.79. The number of hydrogen-bond acceptors (Lipinski definition) is 3. The van der Waals surface area contributed by atoms with Crippen molar-refractivity contribution in [1.82, 2.24) is 9.97 Å². The smallest absolute Gasteiger partial charge is 0.131 e. The van der Waals surface area contributed by atoms with Crippen LogP contribution < -0.4 is 0 Å². The lowest BCUT2D eigenvalue weighted by Gasteiger charge is -2.18. The van der Waals surface area contributed by atoms with Crippen molar-refractivity contribution in [3.8, 4) is 0 Å². The Kier molecular flexibility index (Phi) is 5.64. The van der Waals surface area contributed by atoms with E-state index in [-0.39, 0.29) is 0 Å². The first-order valence-electron chi connectivity index (χ1n) is 6.87. The van der Waals surface area contributed by atoms with Crippen LogP contribution in [0.1, 0.15) is 76.2 Å². The molecule has 0 aromatic carbocycles. The van der Waals surface area contributed by atoms with Gasteiger partial charge in [0.2, 0.25) is 0 Å². The van der Waals surface area contributed by atoms with E-state index < -0.39 is 0 Å². The van der Waals surface area contributed by atoms with Gasteiger partial charge in [0.05, 0.1) is 5.69 Å². The van der Waals surface area contributed by atoms with E-state index in [0.717, 1.165) is 18.0 Å². The lowest BCUT2D eigenvalue weighted by molar-refractivity contribution is 0.613. The predicted octanol–water partition coefficient (Wildman–Crippen LogP) is 4.35.